The lowest BCUT2D eigenvalue weighted by atomic mass is 10.1. The van der Waals surface area contributed by atoms with Crippen LogP contribution in [-0.2, 0) is 28.8 Å². The molecule has 0 fully saturated rings. The molecule has 5 amide bonds. The molecule has 0 saturated heterocycles. The smallest absolute Gasteiger partial charge is 0.337 e. The van der Waals surface area contributed by atoms with E-state index in [2.05, 4.69) is 78.5 Å². The summed E-state index contributed by atoms with van der Waals surface area (Å²) in [6, 6.07) is 20.4. The number of nitrogens with zero attached hydrogens (tertiary/aromatic N) is 10. The van der Waals surface area contributed by atoms with Crippen molar-refractivity contribution < 1.29 is 96.2 Å². The lowest BCUT2D eigenvalue weighted by molar-refractivity contribution is -0.139. The van der Waals surface area contributed by atoms with Gasteiger partial charge in [-0.15, -0.1) is 0 Å². The molecule has 1 atom stereocenters. The molecule has 7 rings (SSSR count). The van der Waals surface area contributed by atoms with Crippen molar-refractivity contribution in [3.05, 3.63) is 226 Å². The quantitative estimate of drug-likeness (QED) is 0.0165. The summed E-state index contributed by atoms with van der Waals surface area (Å²) in [5.74, 6) is -4.20. The van der Waals surface area contributed by atoms with Gasteiger partial charge < -0.3 is 73.7 Å². The highest BCUT2D eigenvalue weighted by Gasteiger charge is 2.20. The lowest BCUT2D eigenvalue weighted by Crippen LogP contribution is -2.30. The minimum Gasteiger partial charge on any atom is -0.478 e. The van der Waals surface area contributed by atoms with Gasteiger partial charge in [-0.25, -0.2) is 44.1 Å². The van der Waals surface area contributed by atoms with E-state index in [1.807, 2.05) is 76.2 Å². The minimum atomic E-state index is -1.07. The van der Waals surface area contributed by atoms with Crippen LogP contribution in [0, 0.1) is 5.92 Å². The molecule has 0 spiro atoms. The standard InChI is InChI=1S/C15H22N2O3.2C13H16N2O3.C12H16N2O3.C10H14N2O2.C8H7NO4.C6H5NO3.C4H11N.C3H3ClO/c1-5-11(4)15(19)20-13-9-8-12(10-16-13)14(18)17(6-2)7-3;2*1-4-12(16)18-11-8-7-10(9-14-11)13(17)15(5-2)6-3;1-4-14(5-2)12(16)10-6-7-11(13-8-10)17-9(3)15;1-3-12(4-2)10(14)8-5-6-9(13)11-7-8;1-5(10)13-7-3-2-6(4-9-7)8(11)12;8-5-2-1-4(3-7-5)6(9)10;1-3-5-4-2;1-2-3(4)5/h8-11H,5-7H2,1-4H3;2*4,7-9H,1,5-6H2,2-3H3;6-8H,4-5H2,1-3H3;5-7H,3-4H2,1-2H3,(H,11,13);2-4H,1H3,(H,11,12);1-3H,(H,7,8)(H,9,10);5H,3-4H2,1-2H3;2H,1H2. The van der Waals surface area contributed by atoms with Crippen LogP contribution in [0.25, 0.3) is 0 Å². The highest BCUT2D eigenvalue weighted by Crippen LogP contribution is 2.16. The van der Waals surface area contributed by atoms with Crippen molar-refractivity contribution in [2.75, 3.05) is 78.5 Å². The SMILES string of the molecule is C=CC(=O)Cl.C=CC(=O)Oc1ccc(C(=O)N(CC)CC)cn1.C=CC(=O)Oc1ccc(C(=O)N(CC)CC)cn1.CC(=O)Oc1ccc(C(=O)O)cn1.CCC(C)C(=O)Oc1ccc(C(=O)N(CC)CC)cn1.CCN(CC)C(=O)c1ccc(=O)[nH]c1.CCN(CC)C(=O)c1ccc(OC(C)=O)nc1.CCNCC.O=C(O)c1ccc(=O)[nH]c1. The third kappa shape index (κ3) is 44.5. The van der Waals surface area contributed by atoms with E-state index in [0.717, 1.165) is 50.1 Å². The van der Waals surface area contributed by atoms with Gasteiger partial charge in [0.05, 0.1) is 44.9 Å². The Morgan fingerprint density at radius 2 is 0.625 bits per heavy atom. The van der Waals surface area contributed by atoms with Crippen LogP contribution < -0.4 is 40.1 Å². The van der Waals surface area contributed by atoms with Crippen molar-refractivity contribution in [1.29, 1.82) is 0 Å². The lowest BCUT2D eigenvalue weighted by Gasteiger charge is -2.18. The third-order valence-electron chi connectivity index (χ3n) is 15.4. The summed E-state index contributed by atoms with van der Waals surface area (Å²) in [4.78, 5) is 198. The van der Waals surface area contributed by atoms with Crippen molar-refractivity contribution >= 4 is 88.2 Å². The highest BCUT2D eigenvalue weighted by molar-refractivity contribution is 6.66. The van der Waals surface area contributed by atoms with E-state index >= 15 is 0 Å². The molecule has 36 heteroatoms. The van der Waals surface area contributed by atoms with Crippen LogP contribution in [0.2, 0.25) is 0 Å². The molecule has 650 valence electrons. The number of rotatable bonds is 29. The van der Waals surface area contributed by atoms with Gasteiger partial charge in [0.15, 0.2) is 0 Å². The zero-order chi connectivity index (χ0) is 91.4. The number of halogens is 1. The number of carboxylic acids is 2. The third-order valence-corrected chi connectivity index (χ3v) is 15.5. The van der Waals surface area contributed by atoms with Gasteiger partial charge in [-0.05, 0) is 149 Å². The van der Waals surface area contributed by atoms with Crippen LogP contribution in [0.4, 0.5) is 0 Å². The Labute approximate surface area is 702 Å². The Bertz CT molecular complexity index is 4360. The van der Waals surface area contributed by atoms with Crippen LogP contribution in [0.15, 0.2) is 176 Å². The second-order valence-electron chi connectivity index (χ2n) is 23.4. The summed E-state index contributed by atoms with van der Waals surface area (Å²) in [5, 5.41) is 19.5. The normalized spacial score (nSPS) is 9.81. The van der Waals surface area contributed by atoms with Crippen molar-refractivity contribution in [3.63, 3.8) is 0 Å². The van der Waals surface area contributed by atoms with Gasteiger partial charge in [0.2, 0.25) is 45.8 Å². The van der Waals surface area contributed by atoms with E-state index in [0.29, 0.717) is 93.3 Å². The molecule has 35 nitrogen and oxygen atoms in total. The monoisotopic (exact) mass is 1690 g/mol. The molecule has 120 heavy (non-hydrogen) atoms. The van der Waals surface area contributed by atoms with Gasteiger partial charge in [-0.3, -0.25) is 52.7 Å². The number of aromatic amines is 2. The van der Waals surface area contributed by atoms with Gasteiger partial charge in [0.25, 0.3) is 29.5 Å². The molecule has 1 unspecified atom stereocenters. The van der Waals surface area contributed by atoms with Crippen molar-refractivity contribution in [2.24, 2.45) is 5.92 Å². The fourth-order valence-electron chi connectivity index (χ4n) is 8.59. The number of carbonyl (C=O) groups is 13. The first-order valence-electron chi connectivity index (χ1n) is 37.9. The first-order chi connectivity index (χ1) is 57.0. The Kier molecular flexibility index (Phi) is 56.7. The zero-order valence-electron chi connectivity index (χ0n) is 70.7. The van der Waals surface area contributed by atoms with Crippen LogP contribution in [0.3, 0.4) is 0 Å². The number of allylic oxidation sites excluding steroid dienone is 1. The van der Waals surface area contributed by atoms with Crippen molar-refractivity contribution in [2.45, 2.75) is 117 Å². The van der Waals surface area contributed by atoms with Crippen LogP contribution >= 0.6 is 11.6 Å². The largest absolute Gasteiger partial charge is 0.478 e. The van der Waals surface area contributed by atoms with E-state index in [1.165, 1.54) is 93.4 Å². The maximum absolute atomic E-state index is 12.1. The molecular weight excluding hydrogens is 1580 g/mol. The number of ether oxygens (including phenoxy) is 5. The number of esters is 5. The number of carbonyl (C=O) groups excluding carboxylic acids is 11. The molecule has 0 aliphatic rings. The van der Waals surface area contributed by atoms with E-state index in [1.54, 1.807) is 67.8 Å². The average molecular weight is 1690 g/mol. The molecule has 0 aliphatic carbocycles. The number of carboxylic acid groups (broad SMARTS) is 2. The Balaban J connectivity index is 0. The van der Waals surface area contributed by atoms with E-state index in [-0.39, 0.29) is 93.1 Å². The van der Waals surface area contributed by atoms with Gasteiger partial charge in [0, 0.05) is 177 Å². The summed E-state index contributed by atoms with van der Waals surface area (Å²) >= 11 is 4.71. The second kappa shape index (κ2) is 62.7. The first kappa shape index (κ1) is 108. The minimum absolute atomic E-state index is 0.0498. The second-order valence-corrected chi connectivity index (χ2v) is 23.8. The predicted octanol–water partition coefficient (Wildman–Crippen LogP) is 10.5. The zero-order valence-corrected chi connectivity index (χ0v) is 71.4. The van der Waals surface area contributed by atoms with Crippen LogP contribution in [0.1, 0.15) is 190 Å². The summed E-state index contributed by atoms with van der Waals surface area (Å²) in [6.45, 7) is 48.0. The van der Waals surface area contributed by atoms with Crippen LogP contribution in [0.5, 0.6) is 29.4 Å². The number of hydrogen-bond acceptors (Lipinski definition) is 26. The average Bonchev–Trinajstić information content (AvgIpc) is 0.849. The Morgan fingerprint density at radius 1 is 0.383 bits per heavy atom. The maximum Gasteiger partial charge on any atom is 0.337 e. The van der Waals surface area contributed by atoms with E-state index in [4.69, 9.17) is 40.8 Å². The van der Waals surface area contributed by atoms with Gasteiger partial charge in [0.1, 0.15) is 0 Å². The molecule has 0 aliphatic heterocycles. The van der Waals surface area contributed by atoms with Gasteiger partial charge in [-0.2, -0.15) is 0 Å². The highest BCUT2D eigenvalue weighted by atomic mass is 35.5. The number of aromatic nitrogens is 7. The number of H-pyrrole nitrogens is 2. The molecule has 0 radical (unpaired) electrons. The maximum atomic E-state index is 12.1. The summed E-state index contributed by atoms with van der Waals surface area (Å²) in [5.41, 5.74) is 2.09. The van der Waals surface area contributed by atoms with Crippen molar-refractivity contribution in [1.82, 2.24) is 64.7 Å². The molecule has 7 aromatic heterocycles. The predicted molar refractivity (Wildman–Crippen MR) is 450 cm³/mol. The summed E-state index contributed by atoms with van der Waals surface area (Å²) in [6.07, 6.45) is 13.2. The first-order valence-corrected chi connectivity index (χ1v) is 38.3. The molecule has 0 aromatic carbocycles. The number of pyridine rings is 7. The topological polar surface area (TPSA) is 467 Å². The molecule has 7 heterocycles. The Hall–Kier alpha value is -13.6. The van der Waals surface area contributed by atoms with Gasteiger partial charge >= 0.3 is 41.8 Å². The molecule has 0 saturated carbocycles. The number of hydrogen-bond donors (Lipinski definition) is 5. The molecule has 7 aromatic rings. The van der Waals surface area contributed by atoms with Crippen molar-refractivity contribution in [3.8, 4) is 29.4 Å². The fourth-order valence-corrected chi connectivity index (χ4v) is 8.59. The molecule has 0 bridgehead atoms. The van der Waals surface area contributed by atoms with Crippen LogP contribution in [-0.4, -0.2) is 225 Å². The molecule has 5 N–H and O–H groups in total. The molecular formula is C84H110ClN13O22. The van der Waals surface area contributed by atoms with E-state index < -0.39 is 41.1 Å². The summed E-state index contributed by atoms with van der Waals surface area (Å²) < 4.78 is 24.2. The number of amides is 5. The van der Waals surface area contributed by atoms with E-state index in [9.17, 15) is 71.9 Å². The number of nitrogens with one attached hydrogen (secondary N) is 3. The fraction of sp³-hybridized carbons (Fsp3) is 0.357. The van der Waals surface area contributed by atoms with Gasteiger partial charge in [-0.1, -0.05) is 47.4 Å². The summed E-state index contributed by atoms with van der Waals surface area (Å²) in [7, 11) is 0. The number of aromatic carboxylic acids is 2. The Morgan fingerprint density at radius 3 is 0.817 bits per heavy atom.